The number of amides is 1. The number of halogens is 3. The summed E-state index contributed by atoms with van der Waals surface area (Å²) in [5, 5.41) is 12.9. The Labute approximate surface area is 217 Å². The van der Waals surface area contributed by atoms with Crippen molar-refractivity contribution in [2.24, 2.45) is 0 Å². The second-order valence-corrected chi connectivity index (χ2v) is 8.79. The topological polar surface area (TPSA) is 119 Å². The predicted octanol–water partition coefficient (Wildman–Crippen LogP) is 5.23. The molecule has 0 spiro atoms. The minimum absolute atomic E-state index is 0.00371. The summed E-state index contributed by atoms with van der Waals surface area (Å²) in [5.74, 6) is -4.80. The molecule has 0 fully saturated rings. The SMILES string of the molecule is O=C(O[C@@H](C(=O)O)[C@@H](OC(=O)c1ccc(Cl)cc1)C(=O)Nc1ccc(Br)cc1)c1ccc(Cl)cc1. The van der Waals surface area contributed by atoms with Crippen molar-refractivity contribution < 1.29 is 33.8 Å². The normalized spacial score (nSPS) is 12.2. The summed E-state index contributed by atoms with van der Waals surface area (Å²) >= 11 is 14.9. The van der Waals surface area contributed by atoms with Crippen LogP contribution in [-0.4, -0.2) is 41.1 Å². The Morgan fingerprint density at radius 2 is 1.14 bits per heavy atom. The first-order valence-electron chi connectivity index (χ1n) is 9.86. The van der Waals surface area contributed by atoms with Gasteiger partial charge in [0.05, 0.1) is 11.1 Å². The average molecular weight is 581 g/mol. The summed E-state index contributed by atoms with van der Waals surface area (Å²) in [6.07, 6.45) is -4.19. The highest BCUT2D eigenvalue weighted by Crippen LogP contribution is 2.19. The van der Waals surface area contributed by atoms with Gasteiger partial charge in [0.2, 0.25) is 12.2 Å². The van der Waals surface area contributed by atoms with E-state index in [0.717, 1.165) is 4.47 Å². The zero-order valence-corrected chi connectivity index (χ0v) is 20.7. The number of carbonyl (C=O) groups excluding carboxylic acids is 3. The van der Waals surface area contributed by atoms with Crippen molar-refractivity contribution in [3.05, 3.63) is 98.4 Å². The number of nitrogens with one attached hydrogen (secondary N) is 1. The van der Waals surface area contributed by atoms with Gasteiger partial charge in [-0.2, -0.15) is 0 Å². The van der Waals surface area contributed by atoms with Gasteiger partial charge in [0, 0.05) is 20.2 Å². The molecular weight excluding hydrogens is 565 g/mol. The molecule has 8 nitrogen and oxygen atoms in total. The summed E-state index contributed by atoms with van der Waals surface area (Å²) in [6, 6.07) is 17.3. The first kappa shape index (κ1) is 26.2. The third kappa shape index (κ3) is 7.29. The van der Waals surface area contributed by atoms with Crippen LogP contribution in [0.25, 0.3) is 0 Å². The Hall–Kier alpha value is -3.40. The number of anilines is 1. The number of ether oxygens (including phenoxy) is 2. The summed E-state index contributed by atoms with van der Waals surface area (Å²) in [7, 11) is 0. The standard InChI is InChI=1S/C24H16BrCl2NO7/c25-15-5-11-18(12-6-15)28-21(29)19(34-23(32)13-1-7-16(26)8-2-13)20(22(30)31)35-24(33)14-3-9-17(27)10-4-14/h1-12,19-20H,(H,28,29)(H,30,31)/t19-,20-/m1/s1. The Morgan fingerprint density at radius 1 is 0.714 bits per heavy atom. The van der Waals surface area contributed by atoms with Crippen LogP contribution < -0.4 is 5.32 Å². The highest BCUT2D eigenvalue weighted by molar-refractivity contribution is 9.10. The summed E-state index contributed by atoms with van der Waals surface area (Å²) < 4.78 is 11.1. The van der Waals surface area contributed by atoms with Gasteiger partial charge in [0.1, 0.15) is 0 Å². The zero-order valence-electron chi connectivity index (χ0n) is 17.6. The Kier molecular flexibility index (Phi) is 8.86. The first-order chi connectivity index (χ1) is 16.6. The molecule has 3 rings (SSSR count). The Bertz CT molecular complexity index is 1230. The van der Waals surface area contributed by atoms with Crippen molar-refractivity contribution in [2.45, 2.75) is 12.2 Å². The van der Waals surface area contributed by atoms with Gasteiger partial charge >= 0.3 is 17.9 Å². The van der Waals surface area contributed by atoms with E-state index in [1.165, 1.54) is 60.7 Å². The molecule has 3 aromatic carbocycles. The largest absolute Gasteiger partial charge is 0.478 e. The van der Waals surface area contributed by atoms with Gasteiger partial charge in [-0.05, 0) is 72.8 Å². The number of aliphatic carboxylic acids is 1. The molecule has 0 saturated heterocycles. The molecule has 0 aliphatic heterocycles. The molecule has 0 aliphatic carbocycles. The zero-order chi connectivity index (χ0) is 25.5. The Morgan fingerprint density at radius 3 is 1.57 bits per heavy atom. The number of hydrogen-bond acceptors (Lipinski definition) is 6. The molecule has 0 saturated carbocycles. The maximum atomic E-state index is 13.0. The van der Waals surface area contributed by atoms with Crippen molar-refractivity contribution in [2.75, 3.05) is 5.32 Å². The lowest BCUT2D eigenvalue weighted by atomic mass is 10.1. The van der Waals surface area contributed by atoms with Crippen LogP contribution in [0.3, 0.4) is 0 Å². The van der Waals surface area contributed by atoms with Gasteiger partial charge in [0.25, 0.3) is 5.91 Å². The maximum absolute atomic E-state index is 13.0. The van der Waals surface area contributed by atoms with Gasteiger partial charge in [0.15, 0.2) is 0 Å². The van der Waals surface area contributed by atoms with Crippen molar-refractivity contribution in [3.8, 4) is 0 Å². The molecule has 3 aromatic rings. The van der Waals surface area contributed by atoms with Gasteiger partial charge in [-0.15, -0.1) is 0 Å². The molecule has 11 heteroatoms. The maximum Gasteiger partial charge on any atom is 0.349 e. The van der Waals surface area contributed by atoms with Crippen LogP contribution in [0.5, 0.6) is 0 Å². The number of carboxylic acid groups (broad SMARTS) is 1. The molecule has 180 valence electrons. The van der Waals surface area contributed by atoms with Crippen LogP contribution in [0, 0.1) is 0 Å². The fraction of sp³-hybridized carbons (Fsp3) is 0.0833. The first-order valence-corrected chi connectivity index (χ1v) is 11.4. The third-order valence-corrected chi connectivity index (χ3v) is 5.55. The number of rotatable bonds is 8. The van der Waals surface area contributed by atoms with Crippen LogP contribution in [0.4, 0.5) is 5.69 Å². The van der Waals surface area contributed by atoms with Crippen LogP contribution >= 0.6 is 39.1 Å². The lowest BCUT2D eigenvalue weighted by molar-refractivity contribution is -0.157. The van der Waals surface area contributed by atoms with E-state index in [2.05, 4.69) is 21.2 Å². The monoisotopic (exact) mass is 579 g/mol. The van der Waals surface area contributed by atoms with Crippen LogP contribution in [-0.2, 0) is 19.1 Å². The Balaban J connectivity index is 1.90. The summed E-state index contributed by atoms with van der Waals surface area (Å²) in [4.78, 5) is 50.3. The van der Waals surface area contributed by atoms with E-state index in [4.69, 9.17) is 32.7 Å². The van der Waals surface area contributed by atoms with E-state index in [1.807, 2.05) is 0 Å². The van der Waals surface area contributed by atoms with E-state index in [0.29, 0.717) is 15.7 Å². The molecule has 1 amide bonds. The van der Waals surface area contributed by atoms with Crippen LogP contribution in [0.1, 0.15) is 20.7 Å². The quantitative estimate of drug-likeness (QED) is 0.350. The summed E-state index contributed by atoms with van der Waals surface area (Å²) in [6.45, 7) is 0. The molecule has 0 unspecified atom stereocenters. The highest BCUT2D eigenvalue weighted by Gasteiger charge is 2.41. The fourth-order valence-corrected chi connectivity index (χ4v) is 3.30. The lowest BCUT2D eigenvalue weighted by Gasteiger charge is -2.23. The molecule has 35 heavy (non-hydrogen) atoms. The second-order valence-electron chi connectivity index (χ2n) is 7.00. The van der Waals surface area contributed by atoms with E-state index in [9.17, 15) is 24.3 Å². The van der Waals surface area contributed by atoms with E-state index in [-0.39, 0.29) is 11.1 Å². The van der Waals surface area contributed by atoms with E-state index in [1.54, 1.807) is 12.1 Å². The highest BCUT2D eigenvalue weighted by atomic mass is 79.9. The number of carbonyl (C=O) groups is 4. The van der Waals surface area contributed by atoms with Gasteiger partial charge < -0.3 is 19.9 Å². The second kappa shape index (κ2) is 11.8. The van der Waals surface area contributed by atoms with Crippen LogP contribution in [0.15, 0.2) is 77.3 Å². The van der Waals surface area contributed by atoms with Gasteiger partial charge in [-0.25, -0.2) is 14.4 Å². The molecule has 0 aromatic heterocycles. The third-order valence-electron chi connectivity index (χ3n) is 4.52. The number of esters is 2. The molecule has 0 aliphatic rings. The smallest absolute Gasteiger partial charge is 0.349 e. The minimum Gasteiger partial charge on any atom is -0.478 e. The fourth-order valence-electron chi connectivity index (χ4n) is 2.78. The van der Waals surface area contributed by atoms with Crippen molar-refractivity contribution in [1.29, 1.82) is 0 Å². The molecule has 2 atom stereocenters. The molecular formula is C24H16BrCl2NO7. The predicted molar refractivity (Wildman–Crippen MR) is 132 cm³/mol. The van der Waals surface area contributed by atoms with Gasteiger partial charge in [-0.3, -0.25) is 4.79 Å². The number of hydrogen-bond donors (Lipinski definition) is 2. The van der Waals surface area contributed by atoms with Crippen molar-refractivity contribution >= 4 is 68.6 Å². The molecule has 0 radical (unpaired) electrons. The number of carboxylic acids is 1. The molecule has 0 heterocycles. The van der Waals surface area contributed by atoms with Gasteiger partial charge in [-0.1, -0.05) is 39.1 Å². The number of benzene rings is 3. The van der Waals surface area contributed by atoms with Crippen LogP contribution in [0.2, 0.25) is 10.0 Å². The average Bonchev–Trinajstić information content (AvgIpc) is 2.83. The van der Waals surface area contributed by atoms with Crippen molar-refractivity contribution in [1.82, 2.24) is 0 Å². The summed E-state index contributed by atoms with van der Waals surface area (Å²) in [5.41, 5.74) is 0.277. The lowest BCUT2D eigenvalue weighted by Crippen LogP contribution is -2.48. The molecule has 0 bridgehead atoms. The minimum atomic E-state index is -2.16. The van der Waals surface area contributed by atoms with Crippen molar-refractivity contribution in [3.63, 3.8) is 0 Å². The van der Waals surface area contributed by atoms with E-state index < -0.39 is 36.0 Å². The molecule has 2 N–H and O–H groups in total. The van der Waals surface area contributed by atoms with E-state index >= 15 is 0 Å².